The first-order valence-corrected chi connectivity index (χ1v) is 7.08. The summed E-state index contributed by atoms with van der Waals surface area (Å²) in [7, 11) is 8.11. The van der Waals surface area contributed by atoms with Crippen LogP contribution in [0.3, 0.4) is 0 Å². The fraction of sp³-hybridized carbons (Fsp3) is 0.400. The van der Waals surface area contributed by atoms with Crippen LogP contribution in [0, 0.1) is 0 Å². The van der Waals surface area contributed by atoms with Gasteiger partial charge >= 0.3 is 0 Å². The number of carbonyl (C=O) groups is 1. The normalized spacial score (nSPS) is 10.2. The molecule has 0 aliphatic carbocycles. The Labute approximate surface area is 139 Å². The van der Waals surface area contributed by atoms with Crippen molar-refractivity contribution in [3.05, 3.63) is 29.2 Å². The van der Waals surface area contributed by atoms with Crippen molar-refractivity contribution in [1.29, 1.82) is 0 Å². The number of ether oxygens (including phenoxy) is 3. The average Bonchev–Trinajstić information content (AvgIpc) is 3.02. The molecule has 0 bridgehead atoms. The zero-order valence-electron chi connectivity index (χ0n) is 14.3. The van der Waals surface area contributed by atoms with Crippen LogP contribution in [-0.2, 0) is 11.2 Å². The monoisotopic (exact) mass is 336 g/mol. The summed E-state index contributed by atoms with van der Waals surface area (Å²) in [5.41, 5.74) is 0.679. The number of hydrogen-bond acceptors (Lipinski definition) is 7. The highest BCUT2D eigenvalue weighted by Gasteiger charge is 2.14. The molecule has 0 atom stereocenters. The van der Waals surface area contributed by atoms with Crippen LogP contribution < -0.4 is 24.0 Å². The number of aromatic nitrogens is 2. The molecule has 0 saturated carbocycles. The number of methoxy groups -OCH3 is 3. The van der Waals surface area contributed by atoms with Crippen molar-refractivity contribution in [2.45, 2.75) is 6.42 Å². The Morgan fingerprint density at radius 1 is 1.21 bits per heavy atom. The Morgan fingerprint density at radius 3 is 2.29 bits per heavy atom. The molecule has 0 radical (unpaired) electrons. The minimum absolute atomic E-state index is 0.0549. The molecule has 1 aromatic carbocycles. The van der Waals surface area contributed by atoms with E-state index in [1.54, 1.807) is 31.2 Å². The van der Waals surface area contributed by atoms with Crippen LogP contribution in [0.5, 0.6) is 17.2 Å². The summed E-state index contributed by atoms with van der Waals surface area (Å²) in [6.07, 6.45) is 1.56. The first-order valence-electron chi connectivity index (χ1n) is 7.08. The highest BCUT2D eigenvalue weighted by atomic mass is 16.5. The fourth-order valence-electron chi connectivity index (χ4n) is 2.04. The van der Waals surface area contributed by atoms with E-state index in [-0.39, 0.29) is 18.2 Å². The standard InChI is InChI=1S/C15H20N4O5/c1-18(2)19-9-14(24-17-19)16-13(20)8-10-6-11(21-3)15(23-5)12(7-10)22-4/h6-7,9H,8H2,1-5H3. The van der Waals surface area contributed by atoms with E-state index in [4.69, 9.17) is 18.7 Å². The third-order valence-electron chi connectivity index (χ3n) is 3.17. The first kappa shape index (κ1) is 17.4. The lowest BCUT2D eigenvalue weighted by molar-refractivity contribution is -0.753. The maximum absolute atomic E-state index is 12.1. The van der Waals surface area contributed by atoms with Gasteiger partial charge in [-0.3, -0.25) is 0 Å². The molecule has 0 aliphatic rings. The van der Waals surface area contributed by atoms with Gasteiger partial charge in [0, 0.05) is 6.42 Å². The van der Waals surface area contributed by atoms with Crippen LogP contribution in [0.4, 0.5) is 5.88 Å². The van der Waals surface area contributed by atoms with Gasteiger partial charge in [0.1, 0.15) is 5.88 Å². The highest BCUT2D eigenvalue weighted by Crippen LogP contribution is 2.38. The molecule has 2 aromatic rings. The van der Waals surface area contributed by atoms with Gasteiger partial charge in [0.05, 0.1) is 46.1 Å². The molecule has 1 heterocycles. The molecular formula is C15H20N4O5. The van der Waals surface area contributed by atoms with Gasteiger partial charge in [-0.15, -0.1) is 0 Å². The zero-order valence-corrected chi connectivity index (χ0v) is 14.3. The molecule has 0 unspecified atom stereocenters. The van der Waals surface area contributed by atoms with Gasteiger partial charge in [-0.05, 0) is 17.7 Å². The van der Waals surface area contributed by atoms with E-state index in [1.165, 1.54) is 32.3 Å². The summed E-state index contributed by atoms with van der Waals surface area (Å²) in [5, 5.41) is 9.27. The topological polar surface area (TPSA) is 92.0 Å². The molecule has 0 saturated heterocycles. The Bertz CT molecular complexity index is 689. The van der Waals surface area contributed by atoms with Crippen molar-refractivity contribution >= 4 is 11.8 Å². The lowest BCUT2D eigenvalue weighted by Gasteiger charge is -2.16. The molecule has 0 aliphatic heterocycles. The van der Waals surface area contributed by atoms with E-state index in [0.717, 1.165) is 0 Å². The van der Waals surface area contributed by atoms with Gasteiger partial charge in [0.25, 0.3) is 6.20 Å². The van der Waals surface area contributed by atoms with E-state index in [9.17, 15) is 4.79 Å². The third kappa shape index (κ3) is 3.86. The van der Waals surface area contributed by atoms with Gasteiger partial charge in [-0.2, -0.15) is 5.01 Å². The second-order valence-corrected chi connectivity index (χ2v) is 5.02. The SMILES string of the molecule is COc1cc(CC(=O)[N-]c2c[n+](N(C)C)no2)cc(OC)c1OC. The van der Waals surface area contributed by atoms with Crippen molar-refractivity contribution in [2.75, 3.05) is 40.4 Å². The third-order valence-corrected chi connectivity index (χ3v) is 3.17. The summed E-state index contributed by atoms with van der Waals surface area (Å²) in [6, 6.07) is 3.41. The summed E-state index contributed by atoms with van der Waals surface area (Å²) < 4.78 is 20.8. The molecule has 0 N–H and O–H groups in total. The molecule has 0 fully saturated rings. The van der Waals surface area contributed by atoms with Crippen LogP contribution in [0.25, 0.3) is 5.32 Å². The van der Waals surface area contributed by atoms with Gasteiger partial charge in [-0.25, -0.2) is 0 Å². The van der Waals surface area contributed by atoms with Crippen LogP contribution in [0.15, 0.2) is 22.9 Å². The zero-order chi connectivity index (χ0) is 17.7. The summed E-state index contributed by atoms with van der Waals surface area (Å²) >= 11 is 0. The lowest BCUT2D eigenvalue weighted by atomic mass is 10.1. The van der Waals surface area contributed by atoms with Crippen LogP contribution in [0.1, 0.15) is 5.56 Å². The predicted octanol–water partition coefficient (Wildman–Crippen LogP) is 0.960. The molecule has 1 aromatic heterocycles. The Kier molecular flexibility index (Phi) is 5.46. The molecular weight excluding hydrogens is 316 g/mol. The molecule has 24 heavy (non-hydrogen) atoms. The molecule has 9 heteroatoms. The smallest absolute Gasteiger partial charge is 0.257 e. The fourth-order valence-corrected chi connectivity index (χ4v) is 2.04. The second-order valence-electron chi connectivity index (χ2n) is 5.02. The minimum atomic E-state index is -0.383. The molecule has 130 valence electrons. The largest absolute Gasteiger partial charge is 0.588 e. The first-order chi connectivity index (χ1) is 11.5. The van der Waals surface area contributed by atoms with Crippen LogP contribution in [-0.4, -0.2) is 46.6 Å². The van der Waals surface area contributed by atoms with Crippen molar-refractivity contribution in [1.82, 2.24) is 5.27 Å². The number of benzene rings is 1. The Hall–Kier alpha value is -2.97. The number of rotatable bonds is 7. The van der Waals surface area contributed by atoms with E-state index in [0.29, 0.717) is 22.8 Å². The number of nitrogens with zero attached hydrogens (tertiary/aromatic N) is 4. The van der Waals surface area contributed by atoms with Gasteiger partial charge in [0.15, 0.2) is 11.5 Å². The van der Waals surface area contributed by atoms with Gasteiger partial charge < -0.3 is 28.8 Å². The van der Waals surface area contributed by atoms with E-state index < -0.39 is 0 Å². The van der Waals surface area contributed by atoms with Crippen LogP contribution in [0.2, 0.25) is 0 Å². The molecule has 0 spiro atoms. The number of carbonyl (C=O) groups excluding carboxylic acids is 1. The van der Waals surface area contributed by atoms with Crippen molar-refractivity contribution < 1.29 is 28.3 Å². The average molecular weight is 336 g/mol. The Morgan fingerprint density at radius 2 is 1.83 bits per heavy atom. The summed E-state index contributed by atoms with van der Waals surface area (Å²) in [6.45, 7) is 0. The maximum atomic E-state index is 12.1. The van der Waals surface area contributed by atoms with Crippen molar-refractivity contribution in [3.8, 4) is 17.2 Å². The van der Waals surface area contributed by atoms with E-state index in [2.05, 4.69) is 10.6 Å². The molecule has 1 amide bonds. The van der Waals surface area contributed by atoms with Crippen molar-refractivity contribution in [2.24, 2.45) is 0 Å². The van der Waals surface area contributed by atoms with Crippen LogP contribution >= 0.6 is 0 Å². The molecule has 9 nitrogen and oxygen atoms in total. The minimum Gasteiger partial charge on any atom is -0.588 e. The summed E-state index contributed by atoms with van der Waals surface area (Å²) in [5.74, 6) is 1.16. The van der Waals surface area contributed by atoms with Gasteiger partial charge in [0.2, 0.25) is 11.0 Å². The van der Waals surface area contributed by atoms with Crippen molar-refractivity contribution in [3.63, 3.8) is 0 Å². The predicted molar refractivity (Wildman–Crippen MR) is 84.6 cm³/mol. The number of hydrogen-bond donors (Lipinski definition) is 0. The highest BCUT2D eigenvalue weighted by molar-refractivity contribution is 5.96. The number of amides is 1. The van der Waals surface area contributed by atoms with E-state index in [1.807, 2.05) is 0 Å². The second kappa shape index (κ2) is 7.53. The quantitative estimate of drug-likeness (QED) is 0.695. The van der Waals surface area contributed by atoms with Gasteiger partial charge in [-0.1, -0.05) is 0 Å². The Balaban J connectivity index is 2.13. The lowest BCUT2D eigenvalue weighted by Crippen LogP contribution is -2.53. The maximum Gasteiger partial charge on any atom is 0.257 e. The van der Waals surface area contributed by atoms with E-state index >= 15 is 0 Å². The summed E-state index contributed by atoms with van der Waals surface area (Å²) in [4.78, 5) is 13.5. The molecule has 2 rings (SSSR count).